The maximum atomic E-state index is 11.8. The Bertz CT molecular complexity index is 534. The Hall–Kier alpha value is -1.55. The number of rotatable bonds is 3. The van der Waals surface area contributed by atoms with Crippen molar-refractivity contribution >= 4 is 21.9 Å². The van der Waals surface area contributed by atoms with Gasteiger partial charge in [-0.3, -0.25) is 0 Å². The van der Waals surface area contributed by atoms with Crippen molar-refractivity contribution in [3.63, 3.8) is 0 Å². The van der Waals surface area contributed by atoms with E-state index in [-0.39, 0.29) is 5.97 Å². The van der Waals surface area contributed by atoms with Crippen molar-refractivity contribution in [2.45, 2.75) is 6.92 Å². The molecule has 0 amide bonds. The number of hydrogen-bond acceptors (Lipinski definition) is 2. The Morgan fingerprint density at radius 1 is 1.29 bits per heavy atom. The minimum atomic E-state index is -0.306. The van der Waals surface area contributed by atoms with Gasteiger partial charge in [0, 0.05) is 22.4 Å². The van der Waals surface area contributed by atoms with Gasteiger partial charge in [0.25, 0.3) is 0 Å². The molecule has 2 rings (SSSR count). The lowest BCUT2D eigenvalue weighted by Crippen LogP contribution is -2.04. The van der Waals surface area contributed by atoms with E-state index >= 15 is 0 Å². The quantitative estimate of drug-likeness (QED) is 0.878. The Morgan fingerprint density at radius 2 is 2.06 bits per heavy atom. The fourth-order valence-electron chi connectivity index (χ4n) is 1.64. The second kappa shape index (κ2) is 5.19. The van der Waals surface area contributed by atoms with Crippen LogP contribution < -0.4 is 0 Å². The fraction of sp³-hybridized carbons (Fsp3) is 0.154. The number of halogens is 1. The molecule has 88 valence electrons. The summed E-state index contributed by atoms with van der Waals surface area (Å²) in [4.78, 5) is 14.7. The van der Waals surface area contributed by atoms with E-state index in [4.69, 9.17) is 4.74 Å². The molecule has 0 aliphatic heterocycles. The summed E-state index contributed by atoms with van der Waals surface area (Å²) in [7, 11) is 0. The van der Waals surface area contributed by atoms with E-state index in [9.17, 15) is 4.79 Å². The first-order valence-electron chi connectivity index (χ1n) is 5.33. The highest BCUT2D eigenvalue weighted by molar-refractivity contribution is 9.10. The smallest absolute Gasteiger partial charge is 0.340 e. The summed E-state index contributed by atoms with van der Waals surface area (Å²) in [6.45, 7) is 2.17. The van der Waals surface area contributed by atoms with Crippen LogP contribution in [0, 0.1) is 0 Å². The zero-order valence-electron chi connectivity index (χ0n) is 9.37. The van der Waals surface area contributed by atoms with Crippen LogP contribution >= 0.6 is 15.9 Å². The number of nitrogens with one attached hydrogen (secondary N) is 1. The van der Waals surface area contributed by atoms with Gasteiger partial charge in [-0.25, -0.2) is 4.79 Å². The summed E-state index contributed by atoms with van der Waals surface area (Å²) in [6, 6.07) is 7.76. The molecule has 0 saturated heterocycles. The fourth-order valence-corrected chi connectivity index (χ4v) is 2.14. The number of carbonyl (C=O) groups is 1. The van der Waals surface area contributed by atoms with Crippen molar-refractivity contribution < 1.29 is 9.53 Å². The van der Waals surface area contributed by atoms with Crippen LogP contribution in [0.1, 0.15) is 17.3 Å². The second-order valence-corrected chi connectivity index (χ2v) is 4.34. The van der Waals surface area contributed by atoms with Gasteiger partial charge in [0.1, 0.15) is 0 Å². The Labute approximate surface area is 108 Å². The van der Waals surface area contributed by atoms with Crippen molar-refractivity contribution in [1.29, 1.82) is 0 Å². The zero-order chi connectivity index (χ0) is 12.3. The highest BCUT2D eigenvalue weighted by Crippen LogP contribution is 2.30. The molecular weight excluding hydrogens is 282 g/mol. The van der Waals surface area contributed by atoms with Crippen molar-refractivity contribution in [1.82, 2.24) is 4.98 Å². The van der Waals surface area contributed by atoms with Gasteiger partial charge in [0.05, 0.1) is 12.2 Å². The summed E-state index contributed by atoms with van der Waals surface area (Å²) in [6.07, 6.45) is 3.46. The van der Waals surface area contributed by atoms with Crippen LogP contribution in [0.25, 0.3) is 11.1 Å². The van der Waals surface area contributed by atoms with Crippen LogP contribution in [0.5, 0.6) is 0 Å². The van der Waals surface area contributed by atoms with Gasteiger partial charge in [0.2, 0.25) is 0 Å². The maximum Gasteiger partial charge on any atom is 0.340 e. The predicted octanol–water partition coefficient (Wildman–Crippen LogP) is 3.62. The first-order valence-corrected chi connectivity index (χ1v) is 6.12. The number of aromatic nitrogens is 1. The third kappa shape index (κ3) is 2.42. The SMILES string of the molecule is CCOC(=O)c1c[nH]cc1-c1ccccc1Br. The lowest BCUT2D eigenvalue weighted by atomic mass is 10.1. The summed E-state index contributed by atoms with van der Waals surface area (Å²) in [5.41, 5.74) is 2.37. The van der Waals surface area contributed by atoms with Crippen molar-refractivity contribution in [2.24, 2.45) is 0 Å². The summed E-state index contributed by atoms with van der Waals surface area (Å²) >= 11 is 3.47. The molecule has 0 unspecified atom stereocenters. The predicted molar refractivity (Wildman–Crippen MR) is 69.9 cm³/mol. The third-order valence-corrected chi connectivity index (χ3v) is 3.10. The molecule has 0 radical (unpaired) electrons. The van der Waals surface area contributed by atoms with Crippen LogP contribution in [0.4, 0.5) is 0 Å². The largest absolute Gasteiger partial charge is 0.462 e. The molecule has 0 saturated carbocycles. The molecule has 0 aliphatic rings. The Morgan fingerprint density at radius 3 is 2.76 bits per heavy atom. The summed E-state index contributed by atoms with van der Waals surface area (Å²) in [5.74, 6) is -0.306. The number of carbonyl (C=O) groups excluding carboxylic acids is 1. The number of ether oxygens (including phenoxy) is 1. The van der Waals surface area contributed by atoms with E-state index in [2.05, 4.69) is 20.9 Å². The third-order valence-electron chi connectivity index (χ3n) is 2.40. The number of aromatic amines is 1. The van der Waals surface area contributed by atoms with Gasteiger partial charge >= 0.3 is 5.97 Å². The zero-order valence-corrected chi connectivity index (χ0v) is 11.0. The molecule has 0 bridgehead atoms. The van der Waals surface area contributed by atoms with E-state index in [0.717, 1.165) is 15.6 Å². The summed E-state index contributed by atoms with van der Waals surface area (Å²) < 4.78 is 5.96. The normalized spacial score (nSPS) is 10.2. The Kier molecular flexibility index (Phi) is 3.64. The molecule has 0 aliphatic carbocycles. The number of esters is 1. The minimum Gasteiger partial charge on any atom is -0.462 e. The van der Waals surface area contributed by atoms with E-state index in [1.54, 1.807) is 19.3 Å². The highest BCUT2D eigenvalue weighted by atomic mass is 79.9. The van der Waals surface area contributed by atoms with Gasteiger partial charge in [-0.15, -0.1) is 0 Å². The topological polar surface area (TPSA) is 42.1 Å². The van der Waals surface area contributed by atoms with Gasteiger partial charge in [-0.2, -0.15) is 0 Å². The summed E-state index contributed by atoms with van der Waals surface area (Å²) in [5, 5.41) is 0. The van der Waals surface area contributed by atoms with Crippen molar-refractivity contribution in [3.05, 3.63) is 46.7 Å². The number of benzene rings is 1. The molecule has 17 heavy (non-hydrogen) atoms. The van der Waals surface area contributed by atoms with E-state index < -0.39 is 0 Å². The van der Waals surface area contributed by atoms with Crippen LogP contribution in [0.15, 0.2) is 41.1 Å². The molecule has 0 atom stereocenters. The van der Waals surface area contributed by atoms with E-state index in [1.807, 2.05) is 24.3 Å². The first-order chi connectivity index (χ1) is 8.24. The standard InChI is InChI=1S/C13H12BrNO2/c1-2-17-13(16)11-8-15-7-10(11)9-5-3-4-6-12(9)14/h3-8,15H,2H2,1H3. The maximum absolute atomic E-state index is 11.8. The van der Waals surface area contributed by atoms with Crippen LogP contribution in [0.2, 0.25) is 0 Å². The van der Waals surface area contributed by atoms with E-state index in [0.29, 0.717) is 12.2 Å². The molecule has 1 heterocycles. The lowest BCUT2D eigenvalue weighted by Gasteiger charge is -2.05. The van der Waals surface area contributed by atoms with Gasteiger partial charge in [0.15, 0.2) is 0 Å². The number of H-pyrrole nitrogens is 1. The average Bonchev–Trinajstić information content (AvgIpc) is 2.79. The molecule has 1 N–H and O–H groups in total. The van der Waals surface area contributed by atoms with Gasteiger partial charge in [-0.05, 0) is 18.6 Å². The van der Waals surface area contributed by atoms with Crippen molar-refractivity contribution in [2.75, 3.05) is 6.61 Å². The highest BCUT2D eigenvalue weighted by Gasteiger charge is 2.16. The molecule has 4 heteroatoms. The van der Waals surface area contributed by atoms with E-state index in [1.165, 1.54) is 0 Å². The van der Waals surface area contributed by atoms with Crippen LogP contribution in [-0.2, 0) is 4.74 Å². The van der Waals surface area contributed by atoms with Gasteiger partial charge < -0.3 is 9.72 Å². The molecule has 0 spiro atoms. The van der Waals surface area contributed by atoms with Gasteiger partial charge in [-0.1, -0.05) is 34.1 Å². The van der Waals surface area contributed by atoms with Crippen LogP contribution in [0.3, 0.4) is 0 Å². The molecule has 1 aromatic heterocycles. The molecular formula is C13H12BrNO2. The first kappa shape index (κ1) is 11.9. The molecule has 3 nitrogen and oxygen atoms in total. The average molecular weight is 294 g/mol. The molecule has 1 aromatic carbocycles. The molecule has 0 fully saturated rings. The van der Waals surface area contributed by atoms with Crippen molar-refractivity contribution in [3.8, 4) is 11.1 Å². The lowest BCUT2D eigenvalue weighted by molar-refractivity contribution is 0.0527. The number of hydrogen-bond donors (Lipinski definition) is 1. The monoisotopic (exact) mass is 293 g/mol. The second-order valence-electron chi connectivity index (χ2n) is 3.48. The minimum absolute atomic E-state index is 0.306. The Balaban J connectivity index is 2.44. The van der Waals surface area contributed by atoms with Crippen LogP contribution in [-0.4, -0.2) is 17.6 Å². The molecule has 2 aromatic rings.